The van der Waals surface area contributed by atoms with Gasteiger partial charge in [-0.1, -0.05) is 12.8 Å². The van der Waals surface area contributed by atoms with E-state index in [0.29, 0.717) is 12.0 Å². The molecule has 0 unspecified atom stereocenters. The minimum absolute atomic E-state index is 0.540. The molecule has 0 amide bonds. The second-order valence-corrected chi connectivity index (χ2v) is 7.34. The first-order chi connectivity index (χ1) is 10.8. The lowest BCUT2D eigenvalue weighted by atomic mass is 10.2. The normalized spacial score (nSPS) is 15.5. The Balaban J connectivity index is 1.66. The first-order valence-electron chi connectivity index (χ1n) is 7.50. The van der Waals surface area contributed by atoms with Gasteiger partial charge in [0.2, 0.25) is 5.95 Å². The van der Waals surface area contributed by atoms with Crippen LogP contribution < -0.4 is 10.6 Å². The molecule has 2 N–H and O–H groups in total. The van der Waals surface area contributed by atoms with Gasteiger partial charge < -0.3 is 10.6 Å². The summed E-state index contributed by atoms with van der Waals surface area (Å²) in [5.41, 5.74) is 2.00. The summed E-state index contributed by atoms with van der Waals surface area (Å²) in [7, 11) is 0. The van der Waals surface area contributed by atoms with E-state index in [0.717, 1.165) is 26.7 Å². The second kappa shape index (κ2) is 5.81. The summed E-state index contributed by atoms with van der Waals surface area (Å²) < 4.78 is 5.42. The molecule has 3 aromatic rings. The number of aromatic nitrogens is 3. The fraction of sp³-hybridized carbons (Fsp3) is 0.400. The van der Waals surface area contributed by atoms with E-state index in [1.807, 2.05) is 19.1 Å². The molecule has 1 aliphatic rings. The van der Waals surface area contributed by atoms with Gasteiger partial charge in [-0.2, -0.15) is 9.36 Å². The van der Waals surface area contributed by atoms with E-state index in [1.165, 1.54) is 37.2 Å². The van der Waals surface area contributed by atoms with Crippen LogP contribution in [0.5, 0.6) is 0 Å². The molecule has 4 rings (SSSR count). The molecule has 1 fully saturated rings. The van der Waals surface area contributed by atoms with Crippen LogP contribution in [0.4, 0.5) is 16.8 Å². The predicted octanol–water partition coefficient (Wildman–Crippen LogP) is 4.55. The van der Waals surface area contributed by atoms with Gasteiger partial charge in [-0.15, -0.1) is 11.3 Å². The molecular weight excluding hydrogens is 314 g/mol. The molecule has 0 radical (unpaired) electrons. The van der Waals surface area contributed by atoms with Crippen LogP contribution >= 0.6 is 22.9 Å². The molecular formula is C15H17N5S2. The molecule has 7 heteroatoms. The molecule has 1 aliphatic carbocycles. The van der Waals surface area contributed by atoms with Crippen molar-refractivity contribution in [1.29, 1.82) is 0 Å². The summed E-state index contributed by atoms with van der Waals surface area (Å²) in [4.78, 5) is 9.30. The number of anilines is 3. The van der Waals surface area contributed by atoms with Gasteiger partial charge in [-0.3, -0.25) is 0 Å². The van der Waals surface area contributed by atoms with Crippen molar-refractivity contribution in [2.45, 2.75) is 38.6 Å². The van der Waals surface area contributed by atoms with Crippen molar-refractivity contribution >= 4 is 49.9 Å². The Morgan fingerprint density at radius 3 is 2.86 bits per heavy atom. The Morgan fingerprint density at radius 1 is 1.23 bits per heavy atom. The van der Waals surface area contributed by atoms with Crippen molar-refractivity contribution < 1.29 is 0 Å². The van der Waals surface area contributed by atoms with Gasteiger partial charge in [0.05, 0.1) is 15.9 Å². The predicted molar refractivity (Wildman–Crippen MR) is 93.4 cm³/mol. The van der Waals surface area contributed by atoms with Crippen LogP contribution in [0.15, 0.2) is 17.5 Å². The summed E-state index contributed by atoms with van der Waals surface area (Å²) in [6.45, 7) is 1.98. The van der Waals surface area contributed by atoms with Gasteiger partial charge in [0.15, 0.2) is 0 Å². The molecule has 5 nitrogen and oxygen atoms in total. The highest BCUT2D eigenvalue weighted by Gasteiger charge is 2.18. The van der Waals surface area contributed by atoms with Gasteiger partial charge in [0.25, 0.3) is 0 Å². The van der Waals surface area contributed by atoms with E-state index >= 15 is 0 Å². The van der Waals surface area contributed by atoms with Crippen LogP contribution in [0.25, 0.3) is 10.2 Å². The maximum Gasteiger partial charge on any atom is 0.230 e. The Hall–Kier alpha value is -1.73. The highest BCUT2D eigenvalue weighted by molar-refractivity contribution is 7.17. The molecule has 0 atom stereocenters. The van der Waals surface area contributed by atoms with E-state index < -0.39 is 0 Å². The summed E-state index contributed by atoms with van der Waals surface area (Å²) in [5.74, 6) is 1.59. The second-order valence-electron chi connectivity index (χ2n) is 5.61. The summed E-state index contributed by atoms with van der Waals surface area (Å²) in [6, 6.07) is 4.60. The molecule has 0 spiro atoms. The highest BCUT2D eigenvalue weighted by atomic mass is 32.1. The molecule has 0 saturated heterocycles. The number of hydrogen-bond acceptors (Lipinski definition) is 7. The SMILES string of the molecule is Cc1cc(Nc2nc(NC3CCCC3)c3sccc3n2)sn1. The van der Waals surface area contributed by atoms with Gasteiger partial charge in [0, 0.05) is 6.04 Å². The summed E-state index contributed by atoms with van der Waals surface area (Å²) >= 11 is 3.12. The standard InChI is InChI=1S/C15H17N5S2/c1-9-8-12(22-20-9)18-15-17-11-6-7-21-13(11)14(19-15)16-10-4-2-3-5-10/h6-8,10H,2-5H2,1H3,(H2,16,17,18,19). The number of fused-ring (bicyclic) bond motifs is 1. The molecule has 3 heterocycles. The largest absolute Gasteiger partial charge is 0.366 e. The lowest BCUT2D eigenvalue weighted by molar-refractivity contribution is 0.752. The molecule has 3 aromatic heterocycles. The number of nitrogens with one attached hydrogen (secondary N) is 2. The smallest absolute Gasteiger partial charge is 0.230 e. The van der Waals surface area contributed by atoms with E-state index in [1.54, 1.807) is 11.3 Å². The van der Waals surface area contributed by atoms with Crippen LogP contribution in [0, 0.1) is 6.92 Å². The van der Waals surface area contributed by atoms with Crippen LogP contribution in [-0.4, -0.2) is 20.4 Å². The van der Waals surface area contributed by atoms with Gasteiger partial charge >= 0.3 is 0 Å². The Morgan fingerprint density at radius 2 is 2.09 bits per heavy atom. The number of hydrogen-bond donors (Lipinski definition) is 2. The monoisotopic (exact) mass is 331 g/mol. The Labute approximate surface area is 137 Å². The summed E-state index contributed by atoms with van der Waals surface area (Å²) in [6.07, 6.45) is 5.07. The zero-order valence-electron chi connectivity index (χ0n) is 12.3. The average molecular weight is 331 g/mol. The molecule has 114 valence electrons. The molecule has 22 heavy (non-hydrogen) atoms. The first-order valence-corrected chi connectivity index (χ1v) is 9.15. The van der Waals surface area contributed by atoms with Gasteiger partial charge in [0.1, 0.15) is 10.8 Å². The third-order valence-electron chi connectivity index (χ3n) is 3.86. The van der Waals surface area contributed by atoms with E-state index in [9.17, 15) is 0 Å². The van der Waals surface area contributed by atoms with Crippen LogP contribution in [-0.2, 0) is 0 Å². The minimum Gasteiger partial charge on any atom is -0.366 e. The average Bonchev–Trinajstić information content (AvgIpc) is 3.21. The molecule has 0 aliphatic heterocycles. The number of nitrogens with zero attached hydrogens (tertiary/aromatic N) is 3. The fourth-order valence-electron chi connectivity index (χ4n) is 2.81. The first kappa shape index (κ1) is 13.9. The third-order valence-corrected chi connectivity index (χ3v) is 5.57. The zero-order valence-corrected chi connectivity index (χ0v) is 13.9. The molecule has 0 bridgehead atoms. The van der Waals surface area contributed by atoms with Crippen molar-refractivity contribution in [3.63, 3.8) is 0 Å². The zero-order chi connectivity index (χ0) is 14.9. The van der Waals surface area contributed by atoms with Gasteiger partial charge in [-0.25, -0.2) is 4.98 Å². The fourth-order valence-corrected chi connectivity index (χ4v) is 4.25. The summed E-state index contributed by atoms with van der Waals surface area (Å²) in [5, 5.41) is 9.92. The van der Waals surface area contributed by atoms with Crippen molar-refractivity contribution in [2.75, 3.05) is 10.6 Å². The molecule has 0 aromatic carbocycles. The lowest BCUT2D eigenvalue weighted by Gasteiger charge is -2.14. The quantitative estimate of drug-likeness (QED) is 0.734. The third kappa shape index (κ3) is 2.78. The minimum atomic E-state index is 0.540. The van der Waals surface area contributed by atoms with Gasteiger partial charge in [-0.05, 0) is 48.8 Å². The van der Waals surface area contributed by atoms with Crippen molar-refractivity contribution in [3.05, 3.63) is 23.2 Å². The highest BCUT2D eigenvalue weighted by Crippen LogP contribution is 2.31. The van der Waals surface area contributed by atoms with Crippen LogP contribution in [0.2, 0.25) is 0 Å². The van der Waals surface area contributed by atoms with Crippen LogP contribution in [0.3, 0.4) is 0 Å². The van der Waals surface area contributed by atoms with E-state index in [4.69, 9.17) is 4.98 Å². The lowest BCUT2D eigenvalue weighted by Crippen LogP contribution is -2.16. The Kier molecular flexibility index (Phi) is 3.67. The number of aryl methyl sites for hydroxylation is 1. The number of rotatable bonds is 4. The van der Waals surface area contributed by atoms with Crippen molar-refractivity contribution in [3.8, 4) is 0 Å². The van der Waals surface area contributed by atoms with Crippen molar-refractivity contribution in [2.24, 2.45) is 0 Å². The number of thiophene rings is 1. The Bertz CT molecular complexity index is 788. The van der Waals surface area contributed by atoms with E-state index in [2.05, 4.69) is 25.4 Å². The van der Waals surface area contributed by atoms with Crippen molar-refractivity contribution in [1.82, 2.24) is 14.3 Å². The maximum absolute atomic E-state index is 4.70. The molecule has 1 saturated carbocycles. The van der Waals surface area contributed by atoms with E-state index in [-0.39, 0.29) is 0 Å². The van der Waals surface area contributed by atoms with Crippen LogP contribution in [0.1, 0.15) is 31.4 Å². The topological polar surface area (TPSA) is 62.7 Å². The maximum atomic E-state index is 4.70.